The molecule has 0 saturated heterocycles. The molecule has 0 heterocycles. The molecule has 0 radical (unpaired) electrons. The van der Waals surface area contributed by atoms with E-state index < -0.39 is 17.4 Å². The molecule has 0 aliphatic carbocycles. The van der Waals surface area contributed by atoms with Crippen LogP contribution in [0.5, 0.6) is 0 Å². The van der Waals surface area contributed by atoms with Crippen molar-refractivity contribution in [1.82, 2.24) is 0 Å². The van der Waals surface area contributed by atoms with Crippen LogP contribution in [0, 0.1) is 0 Å². The third-order valence-corrected chi connectivity index (χ3v) is 11.5. The lowest BCUT2D eigenvalue weighted by Crippen LogP contribution is -2.50. The van der Waals surface area contributed by atoms with Gasteiger partial charge in [0.2, 0.25) is 0 Å². The summed E-state index contributed by atoms with van der Waals surface area (Å²) in [4.78, 5) is 0. The fourth-order valence-electron chi connectivity index (χ4n) is 2.47. The SMILES string of the molecule is CCO[Si](CCBr)(CC[Si](OCC)(OCC)OCC)OCC. The van der Waals surface area contributed by atoms with Crippen molar-refractivity contribution in [2.24, 2.45) is 0 Å². The van der Waals surface area contributed by atoms with Crippen molar-refractivity contribution >= 4 is 33.3 Å². The zero-order valence-corrected chi connectivity index (χ0v) is 18.4. The molecular weight excluding hydrogens is 384 g/mol. The monoisotopic (exact) mass is 416 g/mol. The highest BCUT2D eigenvalue weighted by Crippen LogP contribution is 2.28. The second-order valence-corrected chi connectivity index (χ2v) is 11.6. The van der Waals surface area contributed by atoms with Gasteiger partial charge in [0.15, 0.2) is 0 Å². The molecule has 0 aliphatic rings. The van der Waals surface area contributed by atoms with Gasteiger partial charge in [0.05, 0.1) is 0 Å². The standard InChI is InChI=1S/C14H33BrO5Si2/c1-6-16-21(12-11-15,17-7-2)13-14-22(18-8-3,19-9-4)20-10-5/h6-14H2,1-5H3. The highest BCUT2D eigenvalue weighted by Gasteiger charge is 2.46. The van der Waals surface area contributed by atoms with E-state index in [0.29, 0.717) is 33.0 Å². The van der Waals surface area contributed by atoms with Gasteiger partial charge in [-0.15, -0.1) is 0 Å². The predicted molar refractivity (Wildman–Crippen MR) is 97.9 cm³/mol. The van der Waals surface area contributed by atoms with Crippen molar-refractivity contribution in [3.63, 3.8) is 0 Å². The van der Waals surface area contributed by atoms with Crippen LogP contribution in [0.4, 0.5) is 0 Å². The van der Waals surface area contributed by atoms with Crippen LogP contribution in [0.15, 0.2) is 0 Å². The van der Waals surface area contributed by atoms with E-state index in [4.69, 9.17) is 22.1 Å². The minimum absolute atomic E-state index is 0.600. The van der Waals surface area contributed by atoms with E-state index in [1.54, 1.807) is 0 Å². The first-order chi connectivity index (χ1) is 10.6. The molecule has 0 fully saturated rings. The Morgan fingerprint density at radius 2 is 1.00 bits per heavy atom. The van der Waals surface area contributed by atoms with E-state index >= 15 is 0 Å². The summed E-state index contributed by atoms with van der Waals surface area (Å²) < 4.78 is 30.0. The number of hydrogen-bond donors (Lipinski definition) is 0. The molecule has 22 heavy (non-hydrogen) atoms. The maximum absolute atomic E-state index is 6.08. The summed E-state index contributed by atoms with van der Waals surface area (Å²) in [5.41, 5.74) is 0. The van der Waals surface area contributed by atoms with Crippen LogP contribution in [-0.4, -0.2) is 55.7 Å². The van der Waals surface area contributed by atoms with Crippen LogP contribution >= 0.6 is 15.9 Å². The first kappa shape index (κ1) is 22.7. The highest BCUT2D eigenvalue weighted by atomic mass is 79.9. The number of hydrogen-bond acceptors (Lipinski definition) is 5. The maximum atomic E-state index is 6.08. The first-order valence-corrected chi connectivity index (χ1v) is 13.6. The molecule has 0 amide bonds. The van der Waals surface area contributed by atoms with Crippen molar-refractivity contribution in [3.05, 3.63) is 0 Å². The molecule has 0 N–H and O–H groups in total. The van der Waals surface area contributed by atoms with E-state index in [2.05, 4.69) is 15.9 Å². The Morgan fingerprint density at radius 3 is 1.32 bits per heavy atom. The van der Waals surface area contributed by atoms with Crippen molar-refractivity contribution in [2.75, 3.05) is 38.4 Å². The number of alkyl halides is 1. The second-order valence-electron chi connectivity index (χ2n) is 4.70. The fraction of sp³-hybridized carbons (Fsp3) is 1.00. The summed E-state index contributed by atoms with van der Waals surface area (Å²) >= 11 is 3.53. The summed E-state index contributed by atoms with van der Waals surface area (Å²) in [6.07, 6.45) is 0. The summed E-state index contributed by atoms with van der Waals surface area (Å²) in [5, 5.41) is 0.881. The molecule has 0 unspecified atom stereocenters. The topological polar surface area (TPSA) is 46.2 Å². The van der Waals surface area contributed by atoms with E-state index in [1.165, 1.54) is 0 Å². The van der Waals surface area contributed by atoms with Gasteiger partial charge < -0.3 is 22.1 Å². The Hall–Kier alpha value is 0.714. The zero-order valence-electron chi connectivity index (χ0n) is 14.8. The smallest absolute Gasteiger partial charge is 0.394 e. The summed E-state index contributed by atoms with van der Waals surface area (Å²) in [6, 6.07) is 2.51. The average Bonchev–Trinajstić information content (AvgIpc) is 2.47. The van der Waals surface area contributed by atoms with Crippen molar-refractivity contribution < 1.29 is 22.1 Å². The molecule has 0 bridgehead atoms. The highest BCUT2D eigenvalue weighted by molar-refractivity contribution is 9.09. The minimum atomic E-state index is -2.63. The lowest BCUT2D eigenvalue weighted by atomic mass is 10.9. The van der Waals surface area contributed by atoms with E-state index in [1.807, 2.05) is 34.6 Å². The van der Waals surface area contributed by atoms with Gasteiger partial charge in [0.1, 0.15) is 0 Å². The Kier molecular flexibility index (Phi) is 13.5. The van der Waals surface area contributed by atoms with Crippen LogP contribution in [0.25, 0.3) is 0 Å². The van der Waals surface area contributed by atoms with E-state index in [-0.39, 0.29) is 0 Å². The van der Waals surface area contributed by atoms with Crippen molar-refractivity contribution in [2.45, 2.75) is 52.8 Å². The lowest BCUT2D eigenvalue weighted by molar-refractivity contribution is 0.0711. The van der Waals surface area contributed by atoms with Gasteiger partial charge in [-0.3, -0.25) is 0 Å². The molecule has 0 aromatic rings. The second kappa shape index (κ2) is 13.1. The summed E-state index contributed by atoms with van der Waals surface area (Å²) in [5.74, 6) is 0. The Bertz CT molecular complexity index is 212. The molecular formula is C14H33BrO5Si2. The third kappa shape index (κ3) is 8.00. The number of rotatable bonds is 15. The van der Waals surface area contributed by atoms with Crippen molar-refractivity contribution in [3.8, 4) is 0 Å². The van der Waals surface area contributed by atoms with Crippen LogP contribution < -0.4 is 0 Å². The first-order valence-electron chi connectivity index (χ1n) is 8.33. The van der Waals surface area contributed by atoms with Crippen LogP contribution in [0.2, 0.25) is 18.1 Å². The molecule has 0 atom stereocenters. The molecule has 0 rings (SSSR count). The van der Waals surface area contributed by atoms with Gasteiger partial charge in [-0.2, -0.15) is 0 Å². The Labute approximate surface area is 146 Å². The fourth-order valence-corrected chi connectivity index (χ4v) is 11.3. The Morgan fingerprint density at radius 1 is 0.591 bits per heavy atom. The Balaban J connectivity index is 5.04. The zero-order chi connectivity index (χ0) is 16.9. The van der Waals surface area contributed by atoms with E-state index in [0.717, 1.165) is 23.5 Å². The van der Waals surface area contributed by atoms with Gasteiger partial charge in [-0.25, -0.2) is 0 Å². The predicted octanol–water partition coefficient (Wildman–Crippen LogP) is 3.94. The number of halogens is 1. The molecule has 0 aromatic carbocycles. The molecule has 134 valence electrons. The van der Waals surface area contributed by atoms with Gasteiger partial charge in [0, 0.05) is 50.5 Å². The molecule has 0 aromatic heterocycles. The largest absolute Gasteiger partial charge is 0.500 e. The molecule has 5 nitrogen and oxygen atoms in total. The average molecular weight is 417 g/mol. The molecule has 0 aliphatic heterocycles. The lowest BCUT2D eigenvalue weighted by Gasteiger charge is -2.34. The van der Waals surface area contributed by atoms with Crippen LogP contribution in [-0.2, 0) is 22.1 Å². The quantitative estimate of drug-likeness (QED) is 0.298. The van der Waals surface area contributed by atoms with Gasteiger partial charge in [-0.05, 0) is 40.7 Å². The molecule has 0 spiro atoms. The summed E-state index contributed by atoms with van der Waals surface area (Å²) in [7, 11) is -4.88. The normalized spacial score (nSPS) is 12.8. The van der Waals surface area contributed by atoms with Gasteiger partial charge in [-0.1, -0.05) is 15.9 Å². The molecule has 8 heteroatoms. The third-order valence-electron chi connectivity index (χ3n) is 3.20. The molecule has 0 saturated carbocycles. The minimum Gasteiger partial charge on any atom is -0.394 e. The van der Waals surface area contributed by atoms with Gasteiger partial charge in [0.25, 0.3) is 0 Å². The maximum Gasteiger partial charge on any atom is 0.500 e. The summed E-state index contributed by atoms with van der Waals surface area (Å²) in [6.45, 7) is 13.1. The van der Waals surface area contributed by atoms with Crippen LogP contribution in [0.1, 0.15) is 34.6 Å². The van der Waals surface area contributed by atoms with Crippen LogP contribution in [0.3, 0.4) is 0 Å². The van der Waals surface area contributed by atoms with Crippen molar-refractivity contribution in [1.29, 1.82) is 0 Å². The van der Waals surface area contributed by atoms with Gasteiger partial charge >= 0.3 is 17.4 Å². The van der Waals surface area contributed by atoms with E-state index in [9.17, 15) is 0 Å².